The molecule has 0 saturated carbocycles. The second kappa shape index (κ2) is 9.95. The number of H-pyrrole nitrogens is 1. The van der Waals surface area contributed by atoms with Crippen LogP contribution in [0.1, 0.15) is 22.3 Å². The van der Waals surface area contributed by atoms with Gasteiger partial charge >= 0.3 is 6.03 Å². The monoisotopic (exact) mass is 434 g/mol. The molecule has 3 heterocycles. The number of piperazine rings is 1. The van der Waals surface area contributed by atoms with Crippen LogP contribution in [0, 0.1) is 0 Å². The molecular weight excluding hydrogens is 408 g/mol. The molecule has 4 amide bonds. The van der Waals surface area contributed by atoms with Crippen molar-refractivity contribution in [1.82, 2.24) is 30.4 Å². The van der Waals surface area contributed by atoms with Gasteiger partial charge in [-0.15, -0.1) is 0 Å². The fraction of sp³-hybridized carbons (Fsp3) is 0.304. The highest BCUT2D eigenvalue weighted by atomic mass is 16.2. The van der Waals surface area contributed by atoms with Crippen molar-refractivity contribution in [2.75, 3.05) is 32.7 Å². The predicted octanol–water partition coefficient (Wildman–Crippen LogP) is 1.74. The maximum absolute atomic E-state index is 12.9. The number of aromatic nitrogens is 2. The lowest BCUT2D eigenvalue weighted by Crippen LogP contribution is -2.53. The van der Waals surface area contributed by atoms with Gasteiger partial charge in [-0.3, -0.25) is 14.6 Å². The number of nitrogens with zero attached hydrogens (tertiary/aromatic N) is 3. The molecule has 1 saturated heterocycles. The van der Waals surface area contributed by atoms with E-state index in [-0.39, 0.29) is 30.8 Å². The number of aromatic amines is 1. The highest BCUT2D eigenvalue weighted by Crippen LogP contribution is 2.20. The molecule has 32 heavy (non-hydrogen) atoms. The van der Waals surface area contributed by atoms with Gasteiger partial charge in [-0.25, -0.2) is 4.79 Å². The van der Waals surface area contributed by atoms with Gasteiger partial charge in [0, 0.05) is 75.2 Å². The summed E-state index contributed by atoms with van der Waals surface area (Å²) < 4.78 is 0. The third-order valence-corrected chi connectivity index (χ3v) is 5.54. The Morgan fingerprint density at radius 3 is 2.44 bits per heavy atom. The topological polar surface area (TPSA) is 110 Å². The van der Waals surface area contributed by atoms with Crippen LogP contribution in [0.4, 0.5) is 4.79 Å². The Kier molecular flexibility index (Phi) is 6.64. The Morgan fingerprint density at radius 2 is 1.66 bits per heavy atom. The molecule has 3 N–H and O–H groups in total. The maximum Gasteiger partial charge on any atom is 0.317 e. The second-order valence-electron chi connectivity index (χ2n) is 7.64. The molecule has 166 valence electrons. The summed E-state index contributed by atoms with van der Waals surface area (Å²) in [4.78, 5) is 47.8. The van der Waals surface area contributed by atoms with Gasteiger partial charge in [0.15, 0.2) is 0 Å². The molecule has 0 bridgehead atoms. The molecule has 1 aromatic carbocycles. The number of pyridine rings is 1. The molecule has 0 atom stereocenters. The standard InChI is InChI=1S/C23H26N6O3/c30-21(27-15-17-5-8-24-9-6-17)7-10-25-23(32)29-13-11-28(12-14-29)22(31)19-16-26-20-4-2-1-3-18(19)20/h1-6,8-9,16,26H,7,10-15H2,(H,25,32)(H,27,30). The maximum atomic E-state index is 12.9. The number of hydrogen-bond acceptors (Lipinski definition) is 4. The zero-order valence-electron chi connectivity index (χ0n) is 17.7. The third-order valence-electron chi connectivity index (χ3n) is 5.54. The lowest BCUT2D eigenvalue weighted by Gasteiger charge is -2.34. The first-order chi connectivity index (χ1) is 15.6. The van der Waals surface area contributed by atoms with E-state index in [4.69, 9.17) is 0 Å². The summed E-state index contributed by atoms with van der Waals surface area (Å²) in [6.07, 6.45) is 5.30. The number of amides is 4. The van der Waals surface area contributed by atoms with Crippen LogP contribution in [-0.2, 0) is 11.3 Å². The summed E-state index contributed by atoms with van der Waals surface area (Å²) in [6, 6.07) is 11.2. The van der Waals surface area contributed by atoms with Crippen LogP contribution in [0.25, 0.3) is 10.9 Å². The fourth-order valence-corrected chi connectivity index (χ4v) is 3.72. The first-order valence-corrected chi connectivity index (χ1v) is 10.7. The summed E-state index contributed by atoms with van der Waals surface area (Å²) in [6.45, 7) is 2.54. The molecular formula is C23H26N6O3. The average molecular weight is 435 g/mol. The van der Waals surface area contributed by atoms with Crippen LogP contribution in [0.2, 0.25) is 0 Å². The van der Waals surface area contributed by atoms with Gasteiger partial charge in [0.1, 0.15) is 0 Å². The largest absolute Gasteiger partial charge is 0.360 e. The average Bonchev–Trinajstić information content (AvgIpc) is 3.27. The van der Waals surface area contributed by atoms with Crippen molar-refractivity contribution in [1.29, 1.82) is 0 Å². The summed E-state index contributed by atoms with van der Waals surface area (Å²) in [7, 11) is 0. The molecule has 1 aliphatic heterocycles. The van der Waals surface area contributed by atoms with Crippen molar-refractivity contribution in [3.63, 3.8) is 0 Å². The van der Waals surface area contributed by atoms with E-state index in [0.29, 0.717) is 38.3 Å². The van der Waals surface area contributed by atoms with Crippen molar-refractivity contribution in [3.05, 3.63) is 66.1 Å². The van der Waals surface area contributed by atoms with E-state index >= 15 is 0 Å². The Hall–Kier alpha value is -3.88. The van der Waals surface area contributed by atoms with E-state index in [9.17, 15) is 14.4 Å². The van der Waals surface area contributed by atoms with Crippen LogP contribution >= 0.6 is 0 Å². The third kappa shape index (κ3) is 5.05. The smallest absolute Gasteiger partial charge is 0.317 e. The molecule has 0 spiro atoms. The minimum Gasteiger partial charge on any atom is -0.360 e. The van der Waals surface area contributed by atoms with Gasteiger partial charge in [0.2, 0.25) is 5.91 Å². The van der Waals surface area contributed by atoms with Gasteiger partial charge in [-0.1, -0.05) is 18.2 Å². The number of carbonyl (C=O) groups is 3. The minimum atomic E-state index is -0.217. The SMILES string of the molecule is O=C(CCNC(=O)N1CCN(C(=O)c2c[nH]c3ccccc23)CC1)NCc1ccncc1. The Balaban J connectivity index is 1.18. The van der Waals surface area contributed by atoms with E-state index in [1.165, 1.54) is 0 Å². The molecule has 0 radical (unpaired) electrons. The predicted molar refractivity (Wildman–Crippen MR) is 120 cm³/mol. The molecule has 3 aromatic rings. The van der Waals surface area contributed by atoms with E-state index in [0.717, 1.165) is 16.5 Å². The Labute approximate surface area is 185 Å². The van der Waals surface area contributed by atoms with Crippen LogP contribution in [0.5, 0.6) is 0 Å². The molecule has 9 heteroatoms. The number of fused-ring (bicyclic) bond motifs is 1. The van der Waals surface area contributed by atoms with Gasteiger partial charge in [-0.2, -0.15) is 0 Å². The highest BCUT2D eigenvalue weighted by molar-refractivity contribution is 6.06. The lowest BCUT2D eigenvalue weighted by atomic mass is 10.1. The summed E-state index contributed by atoms with van der Waals surface area (Å²) in [5.41, 5.74) is 2.55. The van der Waals surface area contributed by atoms with E-state index in [2.05, 4.69) is 20.6 Å². The second-order valence-corrected chi connectivity index (χ2v) is 7.64. The molecule has 9 nitrogen and oxygen atoms in total. The van der Waals surface area contributed by atoms with Crippen molar-refractivity contribution in [2.24, 2.45) is 0 Å². The van der Waals surface area contributed by atoms with Crippen molar-refractivity contribution in [3.8, 4) is 0 Å². The Bertz CT molecular complexity index is 1090. The normalized spacial score (nSPS) is 13.8. The quantitative estimate of drug-likeness (QED) is 0.549. The number of benzene rings is 1. The van der Waals surface area contributed by atoms with Crippen molar-refractivity contribution < 1.29 is 14.4 Å². The molecule has 4 rings (SSSR count). The zero-order valence-corrected chi connectivity index (χ0v) is 17.7. The summed E-state index contributed by atoms with van der Waals surface area (Å²) in [5, 5.41) is 6.51. The number of rotatable bonds is 6. The lowest BCUT2D eigenvalue weighted by molar-refractivity contribution is -0.121. The van der Waals surface area contributed by atoms with E-state index < -0.39 is 0 Å². The molecule has 2 aromatic heterocycles. The van der Waals surface area contributed by atoms with Crippen LogP contribution in [-0.4, -0.2) is 70.3 Å². The first-order valence-electron chi connectivity index (χ1n) is 10.7. The van der Waals surface area contributed by atoms with Crippen molar-refractivity contribution >= 4 is 28.7 Å². The van der Waals surface area contributed by atoms with Gasteiger partial charge in [0.05, 0.1) is 5.56 Å². The summed E-state index contributed by atoms with van der Waals surface area (Å²) >= 11 is 0. The number of urea groups is 1. The van der Waals surface area contributed by atoms with Gasteiger partial charge in [0.25, 0.3) is 5.91 Å². The van der Waals surface area contributed by atoms with Gasteiger partial charge in [-0.05, 0) is 23.8 Å². The number of para-hydroxylation sites is 1. The van der Waals surface area contributed by atoms with Crippen molar-refractivity contribution in [2.45, 2.75) is 13.0 Å². The number of hydrogen-bond donors (Lipinski definition) is 3. The number of carbonyl (C=O) groups excluding carboxylic acids is 3. The summed E-state index contributed by atoms with van der Waals surface area (Å²) in [5.74, 6) is -0.162. The molecule has 1 fully saturated rings. The Morgan fingerprint density at radius 1 is 0.938 bits per heavy atom. The number of nitrogens with one attached hydrogen (secondary N) is 3. The molecule has 1 aliphatic rings. The first kappa shape index (κ1) is 21.4. The zero-order chi connectivity index (χ0) is 22.3. The fourth-order valence-electron chi connectivity index (χ4n) is 3.72. The molecule has 0 aliphatic carbocycles. The van der Waals surface area contributed by atoms with E-state index in [1.54, 1.807) is 28.4 Å². The molecule has 0 unspecified atom stereocenters. The van der Waals surface area contributed by atoms with Crippen LogP contribution < -0.4 is 10.6 Å². The highest BCUT2D eigenvalue weighted by Gasteiger charge is 2.26. The van der Waals surface area contributed by atoms with Crippen LogP contribution in [0.3, 0.4) is 0 Å². The van der Waals surface area contributed by atoms with Crippen LogP contribution in [0.15, 0.2) is 55.0 Å². The van der Waals surface area contributed by atoms with E-state index in [1.807, 2.05) is 36.4 Å². The minimum absolute atomic E-state index is 0.0339. The van der Waals surface area contributed by atoms with Gasteiger partial charge < -0.3 is 25.4 Å².